The van der Waals surface area contributed by atoms with Crippen molar-refractivity contribution in [2.75, 3.05) is 13.1 Å². The molecule has 0 saturated carbocycles. The molecular weight excluding hydrogens is 435 g/mol. The highest BCUT2D eigenvalue weighted by Gasteiger charge is 2.06. The van der Waals surface area contributed by atoms with E-state index in [9.17, 15) is 0 Å². The topological polar surface area (TPSA) is 3.24 Å². The zero-order chi connectivity index (χ0) is 22.1. The van der Waals surface area contributed by atoms with Crippen molar-refractivity contribution in [3.05, 3.63) is 75.1 Å². The number of hydrogen-bond donors (Lipinski definition) is 0. The van der Waals surface area contributed by atoms with Gasteiger partial charge in [-0.3, -0.25) is 4.90 Å². The Labute approximate surface area is 200 Å². The molecule has 0 aliphatic rings. The summed E-state index contributed by atoms with van der Waals surface area (Å²) in [7, 11) is 0. The van der Waals surface area contributed by atoms with Crippen LogP contribution in [-0.2, 0) is 12.3 Å². The van der Waals surface area contributed by atoms with Crippen molar-refractivity contribution in [3.63, 3.8) is 0 Å². The minimum absolute atomic E-state index is 0.0570. The Morgan fingerprint density at radius 1 is 1.10 bits per heavy atom. The second-order valence-corrected chi connectivity index (χ2v) is 11.3. The second-order valence-electron chi connectivity index (χ2n) is 8.50. The maximum Gasteiger partial charge on any atom is 0.0326 e. The van der Waals surface area contributed by atoms with Crippen LogP contribution in [0.25, 0.3) is 11.1 Å². The van der Waals surface area contributed by atoms with E-state index >= 15 is 0 Å². The van der Waals surface area contributed by atoms with Crippen LogP contribution in [0.15, 0.2) is 69.6 Å². The first-order chi connectivity index (χ1) is 14.9. The molecule has 2 heterocycles. The van der Waals surface area contributed by atoms with E-state index < -0.39 is 0 Å². The van der Waals surface area contributed by atoms with Gasteiger partial charge >= 0.3 is 0 Å². The molecule has 162 valence electrons. The van der Waals surface area contributed by atoms with E-state index in [1.54, 1.807) is 11.3 Å². The Morgan fingerprint density at radius 2 is 1.97 bits per heavy atom. The average molecular weight is 466 g/mol. The monoisotopic (exact) mass is 465 g/mol. The Bertz CT molecular complexity index is 1030. The molecule has 2 aromatic heterocycles. The van der Waals surface area contributed by atoms with Gasteiger partial charge in [-0.15, -0.1) is 23.1 Å². The molecule has 0 radical (unpaired) electrons. The Hall–Kier alpha value is -1.77. The molecule has 3 rings (SSSR count). The van der Waals surface area contributed by atoms with Crippen LogP contribution in [0.2, 0.25) is 0 Å². The van der Waals surface area contributed by atoms with Gasteiger partial charge in [0, 0.05) is 34.0 Å². The van der Waals surface area contributed by atoms with Gasteiger partial charge in [-0.25, -0.2) is 0 Å². The first kappa shape index (κ1) is 23.9. The summed E-state index contributed by atoms with van der Waals surface area (Å²) in [6, 6.07) is 13.5. The summed E-state index contributed by atoms with van der Waals surface area (Å²) in [5.41, 5.74) is 4.10. The van der Waals surface area contributed by atoms with E-state index in [1.807, 2.05) is 29.2 Å². The molecule has 3 aromatic rings. The van der Waals surface area contributed by atoms with Crippen molar-refractivity contribution in [3.8, 4) is 23.0 Å². The minimum atomic E-state index is 0.0570. The van der Waals surface area contributed by atoms with Crippen molar-refractivity contribution in [1.82, 2.24) is 4.90 Å². The maximum absolute atomic E-state index is 3.25. The summed E-state index contributed by atoms with van der Waals surface area (Å²) >= 11 is 5.53. The number of allylic oxidation sites excluding steroid dienone is 1. The largest absolute Gasteiger partial charge is 0.296 e. The Morgan fingerprint density at radius 3 is 2.71 bits per heavy atom. The van der Waals surface area contributed by atoms with Crippen molar-refractivity contribution in [2.24, 2.45) is 5.41 Å². The van der Waals surface area contributed by atoms with Gasteiger partial charge in [-0.05, 0) is 90.5 Å². The molecule has 0 unspecified atom stereocenters. The third kappa shape index (κ3) is 8.35. The van der Waals surface area contributed by atoms with Gasteiger partial charge < -0.3 is 0 Å². The van der Waals surface area contributed by atoms with E-state index in [0.717, 1.165) is 25.4 Å². The van der Waals surface area contributed by atoms with E-state index in [-0.39, 0.29) is 5.41 Å². The molecule has 1 nitrogen and oxygen atoms in total. The fourth-order valence-corrected chi connectivity index (χ4v) is 5.60. The average Bonchev–Trinajstić information content (AvgIpc) is 3.42. The van der Waals surface area contributed by atoms with Crippen molar-refractivity contribution in [1.29, 1.82) is 0 Å². The molecule has 0 N–H and O–H groups in total. The van der Waals surface area contributed by atoms with Crippen LogP contribution in [0, 0.1) is 17.3 Å². The molecule has 1 aromatic carbocycles. The lowest BCUT2D eigenvalue weighted by Gasteiger charge is -2.18. The molecule has 0 fully saturated rings. The number of benzene rings is 1. The summed E-state index contributed by atoms with van der Waals surface area (Å²) in [6.45, 7) is 11.5. The number of rotatable bonds is 9. The first-order valence-corrected chi connectivity index (χ1v) is 13.5. The van der Waals surface area contributed by atoms with Crippen LogP contribution >= 0.6 is 34.4 Å². The van der Waals surface area contributed by atoms with Gasteiger partial charge in [0.1, 0.15) is 0 Å². The molecule has 0 aliphatic heterocycles. The molecule has 0 aliphatic carbocycles. The zero-order valence-corrected chi connectivity index (χ0v) is 21.3. The molecule has 0 amide bonds. The summed E-state index contributed by atoms with van der Waals surface area (Å²) in [4.78, 5) is 5.20. The van der Waals surface area contributed by atoms with Crippen molar-refractivity contribution < 1.29 is 0 Å². The Kier molecular flexibility index (Phi) is 9.04. The molecule has 0 spiro atoms. The summed E-state index contributed by atoms with van der Waals surface area (Å²) in [6.07, 6.45) is 4.16. The molecule has 0 atom stereocenters. The normalized spacial score (nSPS) is 11.8. The van der Waals surface area contributed by atoms with Crippen LogP contribution in [0.3, 0.4) is 0 Å². The van der Waals surface area contributed by atoms with Gasteiger partial charge in [0.15, 0.2) is 0 Å². The predicted molar refractivity (Wildman–Crippen MR) is 141 cm³/mol. The number of nitrogens with zero attached hydrogens (tertiary/aromatic N) is 1. The SMILES string of the molecule is CCN(C/C=C/C#CC(C)(C)C)Cc1cccc(SCc2cc(-c3ccsc3)cs2)c1. The first-order valence-electron chi connectivity index (χ1n) is 10.6. The highest BCUT2D eigenvalue weighted by Crippen LogP contribution is 2.31. The number of hydrogen-bond acceptors (Lipinski definition) is 4. The van der Waals surface area contributed by atoms with Crippen LogP contribution in [-0.4, -0.2) is 18.0 Å². The fourth-order valence-electron chi connectivity index (χ4n) is 3.01. The predicted octanol–water partition coefficient (Wildman–Crippen LogP) is 8.20. The lowest BCUT2D eigenvalue weighted by atomic mass is 9.98. The van der Waals surface area contributed by atoms with Gasteiger partial charge in [0.05, 0.1) is 0 Å². The standard InChI is InChI=1S/C27H31NS3/c1-5-28(14-8-6-7-13-27(2,3)4)18-22-10-9-11-25(16-22)31-21-26-17-24(20-30-26)23-12-15-29-19-23/h6,8-12,15-17,19-20H,5,14,18,21H2,1-4H3/b8-6+. The van der Waals surface area contributed by atoms with Gasteiger partial charge in [0.25, 0.3) is 0 Å². The third-order valence-electron chi connectivity index (χ3n) is 4.65. The lowest BCUT2D eigenvalue weighted by molar-refractivity contribution is 0.311. The highest BCUT2D eigenvalue weighted by atomic mass is 32.2. The summed E-state index contributed by atoms with van der Waals surface area (Å²) in [5, 5.41) is 6.63. The minimum Gasteiger partial charge on any atom is -0.296 e. The van der Waals surface area contributed by atoms with Crippen LogP contribution in [0.1, 0.15) is 38.1 Å². The summed E-state index contributed by atoms with van der Waals surface area (Å²) in [5.74, 6) is 7.43. The van der Waals surface area contributed by atoms with Gasteiger partial charge in [0.2, 0.25) is 0 Å². The van der Waals surface area contributed by atoms with Crippen LogP contribution < -0.4 is 0 Å². The summed E-state index contributed by atoms with van der Waals surface area (Å²) < 4.78 is 0. The van der Waals surface area contributed by atoms with Gasteiger partial charge in [-0.1, -0.05) is 37.0 Å². The zero-order valence-electron chi connectivity index (χ0n) is 18.9. The molecule has 31 heavy (non-hydrogen) atoms. The van der Waals surface area contributed by atoms with Crippen molar-refractivity contribution >= 4 is 34.4 Å². The lowest BCUT2D eigenvalue weighted by Crippen LogP contribution is -2.22. The van der Waals surface area contributed by atoms with Gasteiger partial charge in [-0.2, -0.15) is 11.3 Å². The molecule has 0 bridgehead atoms. The second kappa shape index (κ2) is 11.7. The van der Waals surface area contributed by atoms with E-state index in [0.29, 0.717) is 0 Å². The van der Waals surface area contributed by atoms with Crippen LogP contribution in [0.5, 0.6) is 0 Å². The third-order valence-corrected chi connectivity index (χ3v) is 7.50. The van der Waals surface area contributed by atoms with E-state index in [4.69, 9.17) is 0 Å². The van der Waals surface area contributed by atoms with Crippen LogP contribution in [0.4, 0.5) is 0 Å². The maximum atomic E-state index is 3.25. The number of likely N-dealkylation sites (N-methyl/N-ethyl adjacent to an activating group) is 1. The number of thiophene rings is 2. The van der Waals surface area contributed by atoms with E-state index in [1.165, 1.54) is 26.5 Å². The molecule has 4 heteroatoms. The highest BCUT2D eigenvalue weighted by molar-refractivity contribution is 7.98. The molecule has 0 saturated heterocycles. The molecular formula is C27H31NS3. The Balaban J connectivity index is 1.53. The fraction of sp³-hybridized carbons (Fsp3) is 0.333. The number of thioether (sulfide) groups is 1. The smallest absolute Gasteiger partial charge is 0.0326 e. The van der Waals surface area contributed by atoms with Crippen molar-refractivity contribution in [2.45, 2.75) is 44.9 Å². The quantitative estimate of drug-likeness (QED) is 0.231. The van der Waals surface area contributed by atoms with E-state index in [2.05, 4.69) is 103 Å².